The molecule has 1 heterocycles. The molecule has 23 heavy (non-hydrogen) atoms. The van der Waals surface area contributed by atoms with Gasteiger partial charge in [-0.05, 0) is 29.8 Å². The summed E-state index contributed by atoms with van der Waals surface area (Å²) in [6.45, 7) is 0. The van der Waals surface area contributed by atoms with E-state index in [0.717, 1.165) is 0 Å². The standard InChI is InChI=1S/C18H13FO4/c1-22-18(21)16(11-6-8-12(19)9-7-11)14-10-23-15-5-3-2-4-13(15)17(14)20/h2-10,16H,1H3. The van der Waals surface area contributed by atoms with Crippen LogP contribution in [0.3, 0.4) is 0 Å². The van der Waals surface area contributed by atoms with Crippen LogP contribution in [0, 0.1) is 5.82 Å². The number of hydrogen-bond acceptors (Lipinski definition) is 4. The van der Waals surface area contributed by atoms with Crippen LogP contribution in [0.1, 0.15) is 17.0 Å². The summed E-state index contributed by atoms with van der Waals surface area (Å²) < 4.78 is 23.4. The van der Waals surface area contributed by atoms with Crippen molar-refractivity contribution in [2.24, 2.45) is 0 Å². The third-order valence-electron chi connectivity index (χ3n) is 3.66. The van der Waals surface area contributed by atoms with Crippen molar-refractivity contribution in [1.29, 1.82) is 0 Å². The number of benzene rings is 2. The van der Waals surface area contributed by atoms with Crippen LogP contribution in [0.2, 0.25) is 0 Å². The summed E-state index contributed by atoms with van der Waals surface area (Å²) in [6, 6.07) is 12.1. The quantitative estimate of drug-likeness (QED) is 0.697. The van der Waals surface area contributed by atoms with Crippen LogP contribution in [0.15, 0.2) is 64.0 Å². The van der Waals surface area contributed by atoms with Gasteiger partial charge < -0.3 is 9.15 Å². The molecule has 0 aliphatic carbocycles. The van der Waals surface area contributed by atoms with Gasteiger partial charge in [-0.25, -0.2) is 4.39 Å². The van der Waals surface area contributed by atoms with Gasteiger partial charge in [-0.2, -0.15) is 0 Å². The minimum Gasteiger partial charge on any atom is -0.468 e. The number of methoxy groups -OCH3 is 1. The maximum absolute atomic E-state index is 13.1. The molecule has 0 bridgehead atoms. The predicted octanol–water partition coefficient (Wildman–Crippen LogP) is 3.24. The number of hydrogen-bond donors (Lipinski definition) is 0. The van der Waals surface area contributed by atoms with E-state index >= 15 is 0 Å². The van der Waals surface area contributed by atoms with E-state index in [-0.39, 0.29) is 11.0 Å². The molecule has 0 radical (unpaired) electrons. The highest BCUT2D eigenvalue weighted by Crippen LogP contribution is 2.25. The molecule has 0 N–H and O–H groups in total. The van der Waals surface area contributed by atoms with E-state index in [2.05, 4.69) is 0 Å². The first-order chi connectivity index (χ1) is 11.1. The van der Waals surface area contributed by atoms with Gasteiger partial charge >= 0.3 is 5.97 Å². The fourth-order valence-electron chi connectivity index (χ4n) is 2.51. The third-order valence-corrected chi connectivity index (χ3v) is 3.66. The molecule has 3 aromatic rings. The van der Waals surface area contributed by atoms with Crippen molar-refractivity contribution in [3.05, 3.63) is 82.0 Å². The van der Waals surface area contributed by atoms with E-state index in [1.807, 2.05) is 0 Å². The van der Waals surface area contributed by atoms with Gasteiger partial charge in [-0.3, -0.25) is 9.59 Å². The SMILES string of the molecule is COC(=O)C(c1ccc(F)cc1)c1coc2ccccc2c1=O. The van der Waals surface area contributed by atoms with Gasteiger partial charge in [-0.15, -0.1) is 0 Å². The Labute approximate surface area is 131 Å². The van der Waals surface area contributed by atoms with Crippen LogP contribution >= 0.6 is 0 Å². The average Bonchev–Trinajstić information content (AvgIpc) is 2.58. The highest BCUT2D eigenvalue weighted by atomic mass is 19.1. The second kappa shape index (κ2) is 6.04. The second-order valence-corrected chi connectivity index (χ2v) is 5.02. The van der Waals surface area contributed by atoms with Crippen LogP contribution < -0.4 is 5.43 Å². The van der Waals surface area contributed by atoms with Crippen molar-refractivity contribution in [3.8, 4) is 0 Å². The highest BCUT2D eigenvalue weighted by molar-refractivity contribution is 5.84. The van der Waals surface area contributed by atoms with Gasteiger partial charge in [0, 0.05) is 0 Å². The van der Waals surface area contributed by atoms with E-state index in [0.29, 0.717) is 16.5 Å². The molecule has 1 atom stereocenters. The molecule has 0 fully saturated rings. The Morgan fingerprint density at radius 1 is 1.13 bits per heavy atom. The Morgan fingerprint density at radius 2 is 1.83 bits per heavy atom. The molecule has 1 aromatic heterocycles. The molecular weight excluding hydrogens is 299 g/mol. The Balaban J connectivity index is 2.21. The summed E-state index contributed by atoms with van der Waals surface area (Å²) in [6.07, 6.45) is 1.26. The van der Waals surface area contributed by atoms with Crippen LogP contribution in [-0.2, 0) is 9.53 Å². The highest BCUT2D eigenvalue weighted by Gasteiger charge is 2.27. The minimum absolute atomic E-state index is 0.155. The summed E-state index contributed by atoms with van der Waals surface area (Å²) in [5.41, 5.74) is 0.735. The first-order valence-corrected chi connectivity index (χ1v) is 6.95. The number of rotatable bonds is 3. The molecular formula is C18H13FO4. The van der Waals surface area contributed by atoms with Crippen molar-refractivity contribution in [1.82, 2.24) is 0 Å². The van der Waals surface area contributed by atoms with E-state index < -0.39 is 17.7 Å². The average molecular weight is 312 g/mol. The summed E-state index contributed by atoms with van der Waals surface area (Å²) in [7, 11) is 1.24. The number of carbonyl (C=O) groups excluding carboxylic acids is 1. The van der Waals surface area contributed by atoms with E-state index in [4.69, 9.17) is 9.15 Å². The van der Waals surface area contributed by atoms with Crippen molar-refractivity contribution in [3.63, 3.8) is 0 Å². The van der Waals surface area contributed by atoms with Crippen LogP contribution in [0.25, 0.3) is 11.0 Å². The first kappa shape index (κ1) is 15.0. The smallest absolute Gasteiger partial charge is 0.317 e. The molecule has 0 saturated carbocycles. The van der Waals surface area contributed by atoms with Crippen LogP contribution in [0.4, 0.5) is 4.39 Å². The zero-order valence-electron chi connectivity index (χ0n) is 12.3. The van der Waals surface area contributed by atoms with Gasteiger partial charge in [0.2, 0.25) is 0 Å². The molecule has 3 rings (SSSR count). The lowest BCUT2D eigenvalue weighted by molar-refractivity contribution is -0.141. The molecule has 2 aromatic carbocycles. The number of fused-ring (bicyclic) bond motifs is 1. The largest absolute Gasteiger partial charge is 0.468 e. The molecule has 1 unspecified atom stereocenters. The molecule has 0 spiro atoms. The lowest BCUT2D eigenvalue weighted by atomic mass is 9.91. The zero-order chi connectivity index (χ0) is 16.4. The van der Waals surface area contributed by atoms with E-state index in [9.17, 15) is 14.0 Å². The van der Waals surface area contributed by atoms with Crippen molar-refractivity contribution >= 4 is 16.9 Å². The lowest BCUT2D eigenvalue weighted by Gasteiger charge is -2.15. The van der Waals surface area contributed by atoms with Gasteiger partial charge in [0.15, 0.2) is 5.43 Å². The van der Waals surface area contributed by atoms with Gasteiger partial charge in [0.25, 0.3) is 0 Å². The van der Waals surface area contributed by atoms with Crippen molar-refractivity contribution in [2.75, 3.05) is 7.11 Å². The van der Waals surface area contributed by atoms with Crippen LogP contribution in [0.5, 0.6) is 0 Å². The number of para-hydroxylation sites is 1. The van der Waals surface area contributed by atoms with Gasteiger partial charge in [0.05, 0.1) is 24.3 Å². The molecule has 0 amide bonds. The maximum Gasteiger partial charge on any atom is 0.317 e. The molecule has 0 saturated heterocycles. The summed E-state index contributed by atoms with van der Waals surface area (Å²) >= 11 is 0. The maximum atomic E-state index is 13.1. The first-order valence-electron chi connectivity index (χ1n) is 6.95. The molecule has 4 nitrogen and oxygen atoms in total. The molecule has 0 aliphatic heterocycles. The van der Waals surface area contributed by atoms with Crippen molar-refractivity contribution in [2.45, 2.75) is 5.92 Å². The summed E-state index contributed by atoms with van der Waals surface area (Å²) in [5, 5.41) is 0.376. The normalized spacial score (nSPS) is 12.1. The Bertz CT molecular complexity index is 912. The van der Waals surface area contributed by atoms with Crippen molar-refractivity contribution < 1.29 is 18.3 Å². The predicted molar refractivity (Wildman–Crippen MR) is 82.7 cm³/mol. The number of esters is 1. The van der Waals surface area contributed by atoms with E-state index in [1.54, 1.807) is 24.3 Å². The Hall–Kier alpha value is -2.95. The van der Waals surface area contributed by atoms with E-state index in [1.165, 1.54) is 37.6 Å². The minimum atomic E-state index is -0.971. The zero-order valence-corrected chi connectivity index (χ0v) is 12.3. The monoisotopic (exact) mass is 312 g/mol. The Morgan fingerprint density at radius 3 is 2.52 bits per heavy atom. The molecule has 5 heteroatoms. The summed E-state index contributed by atoms with van der Waals surface area (Å²) in [4.78, 5) is 24.9. The Kier molecular flexibility index (Phi) is 3.93. The lowest BCUT2D eigenvalue weighted by Crippen LogP contribution is -2.22. The number of carbonyl (C=O) groups is 1. The fourth-order valence-corrected chi connectivity index (χ4v) is 2.51. The topological polar surface area (TPSA) is 56.5 Å². The molecule has 0 aliphatic rings. The van der Waals surface area contributed by atoms with Gasteiger partial charge in [0.1, 0.15) is 17.3 Å². The second-order valence-electron chi connectivity index (χ2n) is 5.02. The molecule has 116 valence electrons. The van der Waals surface area contributed by atoms with Crippen LogP contribution in [-0.4, -0.2) is 13.1 Å². The summed E-state index contributed by atoms with van der Waals surface area (Å²) in [5.74, 6) is -2.01. The number of ether oxygens (including phenoxy) is 1. The number of halogens is 1. The van der Waals surface area contributed by atoms with Gasteiger partial charge in [-0.1, -0.05) is 24.3 Å². The fraction of sp³-hybridized carbons (Fsp3) is 0.111. The third kappa shape index (κ3) is 2.73.